The van der Waals surface area contributed by atoms with Gasteiger partial charge in [-0.05, 0) is 24.3 Å². The first kappa shape index (κ1) is 17.5. The molecule has 0 radical (unpaired) electrons. The van der Waals surface area contributed by atoms with Crippen LogP contribution in [-0.4, -0.2) is 55.1 Å². The average Bonchev–Trinajstić information content (AvgIpc) is 3.10. The highest BCUT2D eigenvalue weighted by atomic mass is 32.2. The van der Waals surface area contributed by atoms with E-state index in [9.17, 15) is 13.2 Å². The number of amides is 1. The lowest BCUT2D eigenvalue weighted by molar-refractivity contribution is -0.119. The number of aromatic nitrogens is 2. The van der Waals surface area contributed by atoms with Crippen molar-refractivity contribution >= 4 is 15.9 Å². The summed E-state index contributed by atoms with van der Waals surface area (Å²) < 4.78 is 36.8. The molecule has 1 aromatic carbocycles. The third-order valence-corrected chi connectivity index (χ3v) is 5.59. The van der Waals surface area contributed by atoms with Crippen LogP contribution in [0.2, 0.25) is 0 Å². The van der Waals surface area contributed by atoms with E-state index in [2.05, 4.69) is 15.5 Å². The molecule has 9 nitrogen and oxygen atoms in total. The molecule has 0 spiro atoms. The molecule has 0 saturated carbocycles. The minimum Gasteiger partial charge on any atom is -0.379 e. The number of morpholine rings is 1. The van der Waals surface area contributed by atoms with Crippen molar-refractivity contribution in [3.63, 3.8) is 0 Å². The molecule has 1 saturated heterocycles. The van der Waals surface area contributed by atoms with Crippen LogP contribution in [0.3, 0.4) is 0 Å². The maximum Gasteiger partial charge on any atom is 0.246 e. The Morgan fingerprint density at radius 1 is 1.24 bits per heavy atom. The molecule has 2 aromatic rings. The van der Waals surface area contributed by atoms with E-state index in [1.807, 2.05) is 0 Å². The van der Waals surface area contributed by atoms with Crippen molar-refractivity contribution < 1.29 is 22.5 Å². The first-order chi connectivity index (χ1) is 12.0. The normalized spacial score (nSPS) is 15.9. The molecule has 25 heavy (non-hydrogen) atoms. The Hall–Kier alpha value is -2.30. The van der Waals surface area contributed by atoms with E-state index in [0.717, 1.165) is 0 Å². The van der Waals surface area contributed by atoms with E-state index in [0.29, 0.717) is 37.7 Å². The number of rotatable bonds is 5. The Bertz CT molecular complexity index is 841. The van der Waals surface area contributed by atoms with Gasteiger partial charge in [0.15, 0.2) is 0 Å². The van der Waals surface area contributed by atoms with Gasteiger partial charge in [0.05, 0.1) is 24.7 Å². The molecule has 0 bridgehead atoms. The number of hydrogen-bond donors (Lipinski definition) is 1. The number of carbonyl (C=O) groups is 1. The zero-order valence-corrected chi connectivity index (χ0v) is 14.5. The van der Waals surface area contributed by atoms with Gasteiger partial charge < -0.3 is 14.6 Å². The topological polar surface area (TPSA) is 115 Å². The highest BCUT2D eigenvalue weighted by Gasteiger charge is 2.26. The Morgan fingerprint density at radius 3 is 2.56 bits per heavy atom. The van der Waals surface area contributed by atoms with Gasteiger partial charge in [0.2, 0.25) is 27.6 Å². The molecule has 1 aliphatic rings. The second kappa shape index (κ2) is 7.30. The fourth-order valence-electron chi connectivity index (χ4n) is 2.36. The molecule has 1 amide bonds. The quantitative estimate of drug-likeness (QED) is 0.814. The smallest absolute Gasteiger partial charge is 0.246 e. The van der Waals surface area contributed by atoms with E-state index in [1.54, 1.807) is 12.1 Å². The predicted molar refractivity (Wildman–Crippen MR) is 86.8 cm³/mol. The molecule has 10 heteroatoms. The number of nitrogens with one attached hydrogen (secondary N) is 1. The van der Waals surface area contributed by atoms with Crippen molar-refractivity contribution in [1.29, 1.82) is 0 Å². The summed E-state index contributed by atoms with van der Waals surface area (Å²) >= 11 is 0. The Balaban J connectivity index is 1.75. The zero-order valence-electron chi connectivity index (χ0n) is 13.6. The van der Waals surface area contributed by atoms with E-state index in [4.69, 9.17) is 9.26 Å². The molecule has 0 aliphatic carbocycles. The molecular formula is C15H18N4O5S. The van der Waals surface area contributed by atoms with Crippen LogP contribution in [0.1, 0.15) is 12.8 Å². The summed E-state index contributed by atoms with van der Waals surface area (Å²) in [5, 5.41) is 6.39. The van der Waals surface area contributed by atoms with Crippen molar-refractivity contribution in [3.8, 4) is 11.4 Å². The summed E-state index contributed by atoms with van der Waals surface area (Å²) in [5.41, 5.74) is 0.624. The van der Waals surface area contributed by atoms with E-state index in [-0.39, 0.29) is 23.2 Å². The molecular weight excluding hydrogens is 348 g/mol. The third kappa shape index (κ3) is 4.03. The standard InChI is InChI=1S/C15H18N4O5S/c1-11(20)16-10-14-17-15(18-24-14)12-2-4-13(5-3-12)25(21,22)19-6-8-23-9-7-19/h2-5H,6-10H2,1H3,(H,16,20). The maximum absolute atomic E-state index is 12.6. The van der Waals surface area contributed by atoms with Crippen molar-refractivity contribution in [3.05, 3.63) is 30.2 Å². The monoisotopic (exact) mass is 366 g/mol. The fraction of sp³-hybridized carbons (Fsp3) is 0.400. The molecule has 134 valence electrons. The number of nitrogens with zero attached hydrogens (tertiary/aromatic N) is 3. The zero-order chi connectivity index (χ0) is 17.9. The van der Waals surface area contributed by atoms with Gasteiger partial charge >= 0.3 is 0 Å². The second-order valence-electron chi connectivity index (χ2n) is 5.46. The van der Waals surface area contributed by atoms with Gasteiger partial charge in [0.1, 0.15) is 0 Å². The van der Waals surface area contributed by atoms with Crippen LogP contribution >= 0.6 is 0 Å². The van der Waals surface area contributed by atoms with Crippen molar-refractivity contribution in [2.24, 2.45) is 0 Å². The lowest BCUT2D eigenvalue weighted by Gasteiger charge is -2.26. The van der Waals surface area contributed by atoms with Gasteiger partial charge in [-0.15, -0.1) is 0 Å². The molecule has 1 fully saturated rings. The van der Waals surface area contributed by atoms with Gasteiger partial charge in [0.25, 0.3) is 0 Å². The summed E-state index contributed by atoms with van der Waals surface area (Å²) in [5.74, 6) is 0.406. The van der Waals surface area contributed by atoms with Crippen molar-refractivity contribution in [2.75, 3.05) is 26.3 Å². The van der Waals surface area contributed by atoms with Crippen LogP contribution in [-0.2, 0) is 26.1 Å². The average molecular weight is 366 g/mol. The maximum atomic E-state index is 12.6. The van der Waals surface area contributed by atoms with E-state index in [1.165, 1.54) is 23.4 Å². The Morgan fingerprint density at radius 2 is 1.92 bits per heavy atom. The SMILES string of the molecule is CC(=O)NCc1nc(-c2ccc(S(=O)(=O)N3CCOCC3)cc2)no1. The lowest BCUT2D eigenvalue weighted by Crippen LogP contribution is -2.40. The summed E-state index contributed by atoms with van der Waals surface area (Å²) in [6.07, 6.45) is 0. The van der Waals surface area contributed by atoms with Crippen molar-refractivity contribution in [2.45, 2.75) is 18.4 Å². The van der Waals surface area contributed by atoms with Crippen LogP contribution in [0.25, 0.3) is 11.4 Å². The number of sulfonamides is 1. The molecule has 0 unspecified atom stereocenters. The number of ether oxygens (including phenoxy) is 1. The van der Waals surface area contributed by atoms with E-state index < -0.39 is 10.0 Å². The number of hydrogen-bond acceptors (Lipinski definition) is 7. The van der Waals surface area contributed by atoms with Crippen LogP contribution in [0, 0.1) is 0 Å². The Labute approximate surface area is 145 Å². The summed E-state index contributed by atoms with van der Waals surface area (Å²) in [6.45, 7) is 3.04. The van der Waals surface area contributed by atoms with Crippen LogP contribution in [0.4, 0.5) is 0 Å². The lowest BCUT2D eigenvalue weighted by atomic mass is 10.2. The summed E-state index contributed by atoms with van der Waals surface area (Å²) in [7, 11) is -3.53. The van der Waals surface area contributed by atoms with Gasteiger partial charge in [0, 0.05) is 25.6 Å². The van der Waals surface area contributed by atoms with Gasteiger partial charge in [-0.2, -0.15) is 9.29 Å². The first-order valence-corrected chi connectivity index (χ1v) is 9.16. The predicted octanol–water partition coefficient (Wildman–Crippen LogP) is 0.394. The summed E-state index contributed by atoms with van der Waals surface area (Å²) in [6, 6.07) is 6.29. The Kier molecular flexibility index (Phi) is 5.11. The molecule has 0 atom stereocenters. The van der Waals surface area contributed by atoms with Gasteiger partial charge in [-0.25, -0.2) is 8.42 Å². The third-order valence-electron chi connectivity index (χ3n) is 3.68. The van der Waals surface area contributed by atoms with Gasteiger partial charge in [-0.3, -0.25) is 4.79 Å². The molecule has 2 heterocycles. The largest absolute Gasteiger partial charge is 0.379 e. The molecule has 1 aliphatic heterocycles. The minimum absolute atomic E-state index is 0.145. The van der Waals surface area contributed by atoms with E-state index >= 15 is 0 Å². The summed E-state index contributed by atoms with van der Waals surface area (Å²) in [4.78, 5) is 15.3. The fourth-order valence-corrected chi connectivity index (χ4v) is 3.76. The molecule has 1 aromatic heterocycles. The van der Waals surface area contributed by atoms with Crippen LogP contribution < -0.4 is 5.32 Å². The number of carbonyl (C=O) groups excluding carboxylic acids is 1. The number of benzene rings is 1. The molecule has 3 rings (SSSR count). The highest BCUT2D eigenvalue weighted by molar-refractivity contribution is 7.89. The minimum atomic E-state index is -3.53. The second-order valence-corrected chi connectivity index (χ2v) is 7.40. The molecule has 1 N–H and O–H groups in total. The van der Waals surface area contributed by atoms with Crippen LogP contribution in [0.15, 0.2) is 33.7 Å². The van der Waals surface area contributed by atoms with Gasteiger partial charge in [-0.1, -0.05) is 5.16 Å². The van der Waals surface area contributed by atoms with Crippen molar-refractivity contribution in [1.82, 2.24) is 19.8 Å². The first-order valence-electron chi connectivity index (χ1n) is 7.72. The highest BCUT2D eigenvalue weighted by Crippen LogP contribution is 2.21. The van der Waals surface area contributed by atoms with Crippen LogP contribution in [0.5, 0.6) is 0 Å².